The second kappa shape index (κ2) is 13.0. The number of aryl methyl sites for hydroxylation is 2. The van der Waals surface area contributed by atoms with E-state index in [4.69, 9.17) is 17.3 Å². The Bertz CT molecular complexity index is 1990. The van der Waals surface area contributed by atoms with Crippen molar-refractivity contribution in [3.05, 3.63) is 94.8 Å². The Labute approximate surface area is 279 Å². The number of pyridine rings is 1. The van der Waals surface area contributed by atoms with Crippen LogP contribution in [0.15, 0.2) is 77.8 Å². The van der Waals surface area contributed by atoms with Crippen molar-refractivity contribution < 1.29 is 22.8 Å². The average molecular weight is 674 g/mol. The summed E-state index contributed by atoms with van der Waals surface area (Å²) in [7, 11) is -4.35. The van der Waals surface area contributed by atoms with E-state index >= 15 is 0 Å². The van der Waals surface area contributed by atoms with E-state index in [0.29, 0.717) is 59.9 Å². The maximum Gasteiger partial charge on any atom is 0.272 e. The molecule has 47 heavy (non-hydrogen) atoms. The first-order valence-corrected chi connectivity index (χ1v) is 17.4. The molecule has 0 bridgehead atoms. The number of nitrogens with zero attached hydrogens (tertiary/aromatic N) is 3. The molecule has 3 aromatic carbocycles. The predicted molar refractivity (Wildman–Crippen MR) is 182 cm³/mol. The van der Waals surface area contributed by atoms with Crippen molar-refractivity contribution in [1.29, 1.82) is 0 Å². The number of sulfonamides is 1. The molecule has 0 spiro atoms. The highest BCUT2D eigenvalue weighted by Crippen LogP contribution is 2.41. The molecular weight excluding hydrogens is 638 g/mol. The number of carbonyl (C=O) groups is 3. The first-order chi connectivity index (χ1) is 22.5. The minimum Gasteiger partial charge on any atom is -0.369 e. The fourth-order valence-electron chi connectivity index (χ4n) is 6.66. The minimum atomic E-state index is -4.35. The minimum absolute atomic E-state index is 0.00457. The number of para-hydroxylation sites is 2. The zero-order chi connectivity index (χ0) is 33.5. The Balaban J connectivity index is 1.21. The third kappa shape index (κ3) is 6.29. The van der Waals surface area contributed by atoms with E-state index in [-0.39, 0.29) is 28.8 Å². The molecule has 2 aliphatic rings. The number of benzene rings is 3. The van der Waals surface area contributed by atoms with E-state index in [1.165, 1.54) is 6.07 Å². The molecular formula is C35H36ClN5O5S. The number of nitrogens with one attached hydrogen (secondary N) is 1. The summed E-state index contributed by atoms with van der Waals surface area (Å²) in [5, 5.41) is 5.13. The highest BCUT2D eigenvalue weighted by atomic mass is 35.5. The highest BCUT2D eigenvalue weighted by Gasteiger charge is 2.47. The lowest BCUT2D eigenvalue weighted by atomic mass is 9.84. The van der Waals surface area contributed by atoms with Gasteiger partial charge in [-0.1, -0.05) is 48.0 Å². The molecule has 244 valence electrons. The van der Waals surface area contributed by atoms with Crippen LogP contribution in [0.5, 0.6) is 0 Å². The summed E-state index contributed by atoms with van der Waals surface area (Å²) in [6, 6.07) is 17.8. The Hall–Kier alpha value is -4.48. The summed E-state index contributed by atoms with van der Waals surface area (Å²) in [6.45, 7) is 4.39. The van der Waals surface area contributed by atoms with Crippen LogP contribution in [-0.2, 0) is 19.6 Å². The van der Waals surface area contributed by atoms with E-state index in [0.717, 1.165) is 15.1 Å². The van der Waals surface area contributed by atoms with Crippen molar-refractivity contribution in [3.8, 4) is 0 Å². The van der Waals surface area contributed by atoms with Gasteiger partial charge in [0.2, 0.25) is 11.8 Å². The Morgan fingerprint density at radius 2 is 1.68 bits per heavy atom. The van der Waals surface area contributed by atoms with Crippen LogP contribution in [0.25, 0.3) is 10.8 Å². The van der Waals surface area contributed by atoms with Crippen LogP contribution in [0.1, 0.15) is 47.3 Å². The molecule has 2 unspecified atom stereocenters. The molecule has 1 saturated heterocycles. The first kappa shape index (κ1) is 32.5. The molecule has 3 heterocycles. The summed E-state index contributed by atoms with van der Waals surface area (Å²) in [6.07, 6.45) is 3.82. The van der Waals surface area contributed by atoms with Gasteiger partial charge in [0.25, 0.3) is 15.9 Å². The lowest BCUT2D eigenvalue weighted by Gasteiger charge is -2.40. The number of hydrogen-bond donors (Lipinski definition) is 2. The van der Waals surface area contributed by atoms with Crippen LogP contribution < -0.4 is 15.4 Å². The van der Waals surface area contributed by atoms with Gasteiger partial charge in [-0.25, -0.2) is 8.42 Å². The average Bonchev–Trinajstić information content (AvgIpc) is 3.06. The van der Waals surface area contributed by atoms with Crippen molar-refractivity contribution in [2.75, 3.05) is 22.7 Å². The molecule has 0 radical (unpaired) electrons. The van der Waals surface area contributed by atoms with Crippen LogP contribution in [0.2, 0.25) is 5.02 Å². The van der Waals surface area contributed by atoms with Crippen molar-refractivity contribution in [2.45, 2.75) is 50.5 Å². The number of aromatic nitrogens is 1. The van der Waals surface area contributed by atoms with E-state index in [2.05, 4.69) is 10.3 Å². The maximum atomic E-state index is 14.4. The highest BCUT2D eigenvalue weighted by molar-refractivity contribution is 7.93. The van der Waals surface area contributed by atoms with Gasteiger partial charge in [-0.15, -0.1) is 0 Å². The van der Waals surface area contributed by atoms with E-state index in [9.17, 15) is 22.8 Å². The topological polar surface area (TPSA) is 143 Å². The molecule has 1 aromatic heterocycles. The smallest absolute Gasteiger partial charge is 0.272 e. The van der Waals surface area contributed by atoms with Gasteiger partial charge >= 0.3 is 0 Å². The molecule has 1 fully saturated rings. The van der Waals surface area contributed by atoms with Crippen molar-refractivity contribution in [3.63, 3.8) is 0 Å². The summed E-state index contributed by atoms with van der Waals surface area (Å²) in [4.78, 5) is 46.1. The number of piperidine rings is 1. The molecule has 6 rings (SSSR count). The number of anilines is 2. The quantitative estimate of drug-likeness (QED) is 0.255. The van der Waals surface area contributed by atoms with Gasteiger partial charge in [0.1, 0.15) is 11.7 Å². The summed E-state index contributed by atoms with van der Waals surface area (Å²) >= 11 is 6.28. The van der Waals surface area contributed by atoms with Gasteiger partial charge in [0, 0.05) is 29.7 Å². The van der Waals surface area contributed by atoms with Gasteiger partial charge < -0.3 is 16.0 Å². The second-order valence-electron chi connectivity index (χ2n) is 12.4. The maximum absolute atomic E-state index is 14.4. The fourth-order valence-corrected chi connectivity index (χ4v) is 8.84. The van der Waals surface area contributed by atoms with Crippen LogP contribution in [0.3, 0.4) is 0 Å². The third-order valence-corrected chi connectivity index (χ3v) is 11.6. The standard InChI is InChI=1S/C35H36ClN5O5S/c1-21-18-31(22(2)17-27(21)36)47(45,46)41-30-10-6-5-9-28(30)39-34(43)32(41)26(33(37)42)12-11-23-13-15-40(16-14-23)35(44)29-19-24-7-3-4-8-25(24)20-38-29/h3-10,17-20,23,26,32H,11-16H2,1-2H3,(H2,37,42)(H,39,43). The fraction of sp³-hybridized carbons (Fsp3) is 0.314. The molecule has 12 heteroatoms. The lowest BCUT2D eigenvalue weighted by molar-refractivity contribution is -0.127. The molecule has 10 nitrogen and oxygen atoms in total. The molecule has 4 aromatic rings. The van der Waals surface area contributed by atoms with Crippen LogP contribution in [-0.4, -0.2) is 55.2 Å². The number of amides is 3. The van der Waals surface area contributed by atoms with E-state index in [1.807, 2.05) is 24.3 Å². The van der Waals surface area contributed by atoms with Gasteiger partial charge in [0.05, 0.1) is 22.2 Å². The number of rotatable bonds is 8. The predicted octanol–water partition coefficient (Wildman–Crippen LogP) is 5.46. The number of halogens is 1. The van der Waals surface area contributed by atoms with Crippen molar-refractivity contribution in [1.82, 2.24) is 9.88 Å². The molecule has 2 aliphatic heterocycles. The number of likely N-dealkylation sites (tertiary alicyclic amines) is 1. The van der Waals surface area contributed by atoms with E-state index < -0.39 is 33.8 Å². The number of fused-ring (bicyclic) bond motifs is 2. The lowest BCUT2D eigenvalue weighted by Crippen LogP contribution is -2.57. The Morgan fingerprint density at radius 1 is 1.00 bits per heavy atom. The summed E-state index contributed by atoms with van der Waals surface area (Å²) in [5.74, 6) is -2.47. The van der Waals surface area contributed by atoms with Crippen LogP contribution in [0, 0.1) is 25.7 Å². The number of hydrogen-bond acceptors (Lipinski definition) is 6. The zero-order valence-electron chi connectivity index (χ0n) is 26.1. The summed E-state index contributed by atoms with van der Waals surface area (Å²) in [5.41, 5.74) is 7.88. The van der Waals surface area contributed by atoms with Crippen molar-refractivity contribution >= 4 is 61.5 Å². The Morgan fingerprint density at radius 3 is 2.40 bits per heavy atom. The molecule has 0 aliphatic carbocycles. The van der Waals surface area contributed by atoms with Gasteiger partial charge in [-0.3, -0.25) is 23.7 Å². The Kier molecular flexibility index (Phi) is 8.95. The first-order valence-electron chi connectivity index (χ1n) is 15.6. The molecule has 3 amide bonds. The molecule has 0 saturated carbocycles. The van der Waals surface area contributed by atoms with E-state index in [1.54, 1.807) is 61.3 Å². The van der Waals surface area contributed by atoms with Crippen molar-refractivity contribution in [2.24, 2.45) is 17.6 Å². The third-order valence-electron chi connectivity index (χ3n) is 9.30. The number of nitrogens with two attached hydrogens (primary N) is 1. The second-order valence-corrected chi connectivity index (χ2v) is 14.5. The van der Waals surface area contributed by atoms with Gasteiger partial charge in [0.15, 0.2) is 0 Å². The normalized spacial score (nSPS) is 17.7. The largest absolute Gasteiger partial charge is 0.369 e. The van der Waals surface area contributed by atoms with Gasteiger partial charge in [-0.05, 0) is 92.3 Å². The molecule has 2 atom stereocenters. The van der Waals surface area contributed by atoms with Crippen LogP contribution >= 0.6 is 11.6 Å². The SMILES string of the molecule is Cc1cc(S(=O)(=O)N2c3ccccc3NC(=O)C2C(CCC2CCN(C(=O)c3cc4ccccc4cn3)CC2)C(N)=O)c(C)cc1Cl. The van der Waals surface area contributed by atoms with Crippen LogP contribution in [0.4, 0.5) is 11.4 Å². The zero-order valence-corrected chi connectivity index (χ0v) is 27.7. The monoisotopic (exact) mass is 673 g/mol. The number of carbonyl (C=O) groups excluding carboxylic acids is 3. The molecule has 3 N–H and O–H groups in total. The summed E-state index contributed by atoms with van der Waals surface area (Å²) < 4.78 is 29.9. The van der Waals surface area contributed by atoms with Gasteiger partial charge in [-0.2, -0.15) is 0 Å². The number of primary amides is 1.